The highest BCUT2D eigenvalue weighted by Gasteiger charge is 2.38. The Kier molecular flexibility index (Phi) is 35.0. The number of para-hydroxylation sites is 3. The predicted molar refractivity (Wildman–Crippen MR) is 578 cm³/mol. The summed E-state index contributed by atoms with van der Waals surface area (Å²) in [4.78, 5) is 114. The number of rotatable bonds is 22. The number of imide groups is 1. The second-order valence-corrected chi connectivity index (χ2v) is 37.3. The zero-order chi connectivity index (χ0) is 102. The van der Waals surface area contributed by atoms with Crippen LogP contribution in [0.15, 0.2) is 330 Å². The van der Waals surface area contributed by atoms with Crippen LogP contribution in [0.2, 0.25) is 10.0 Å². The molecule has 0 bridgehead atoms. The number of nitrogens with one attached hydrogen (secondary N) is 7. The number of phenols is 2. The van der Waals surface area contributed by atoms with Gasteiger partial charge in [-0.3, -0.25) is 48.9 Å². The SMILES string of the molecule is CCOC(=O)c1cc(-c2ccc(/C=C3/C(=O)NC(=O)C(C#N)=C3C)o2)ccc1Cl.Cc1[nH]c2ccccc2c1C(c1cc(Cl)ccc1O)N1CCOCC1.O=C(N/N=C/c1cc(Br)cc(Br)c1OC(=O)c1ccccc1)/C(=C/c1ccc2c(c1)OCO2)NC(=O)c1ccccc1.O=C(Nc1cccc(N=Cc2cc(I)cc(I)c2O)c1)c1ccco1.O=C1C(Cc2c[nH]c3ccccc23)NC(=S)N1c1ccccc1. The van der Waals surface area contributed by atoms with Gasteiger partial charge in [-0.15, -0.1) is 0 Å². The van der Waals surface area contributed by atoms with Crippen molar-refractivity contribution in [2.24, 2.45) is 10.1 Å². The maximum Gasteiger partial charge on any atom is 0.343 e. The summed E-state index contributed by atoms with van der Waals surface area (Å²) in [5, 5.41) is 48.2. The number of nitriles is 1. The van der Waals surface area contributed by atoms with Gasteiger partial charge >= 0.3 is 11.9 Å². The number of hydrazone groups is 1. The van der Waals surface area contributed by atoms with Crippen molar-refractivity contribution >= 4 is 228 Å². The summed E-state index contributed by atoms with van der Waals surface area (Å²) in [6, 6.07) is 80.3. The van der Waals surface area contributed by atoms with E-state index in [-0.39, 0.29) is 93.3 Å². The summed E-state index contributed by atoms with van der Waals surface area (Å²) in [6.45, 7) is 8.65. The number of aromatic nitrogens is 2. The van der Waals surface area contributed by atoms with Crippen molar-refractivity contribution in [3.05, 3.63) is 395 Å². The Morgan fingerprint density at radius 3 is 2.17 bits per heavy atom. The number of furan rings is 2. The van der Waals surface area contributed by atoms with E-state index < -0.39 is 35.6 Å². The third-order valence-electron chi connectivity index (χ3n) is 22.4. The van der Waals surface area contributed by atoms with Crippen LogP contribution in [0.25, 0.3) is 45.3 Å². The lowest BCUT2D eigenvalue weighted by molar-refractivity contribution is -0.126. The van der Waals surface area contributed by atoms with Gasteiger partial charge in [0, 0.05) is 117 Å². The van der Waals surface area contributed by atoms with E-state index in [9.17, 15) is 48.6 Å². The fourth-order valence-electron chi connectivity index (χ4n) is 15.5. The number of amides is 6. The van der Waals surface area contributed by atoms with E-state index in [0.717, 1.165) is 59.2 Å². The van der Waals surface area contributed by atoms with Gasteiger partial charge in [-0.05, 0) is 287 Å². The molecule has 0 aliphatic carbocycles. The first kappa shape index (κ1) is 103. The smallest absolute Gasteiger partial charge is 0.343 e. The van der Waals surface area contributed by atoms with Crippen molar-refractivity contribution in [2.75, 3.05) is 49.9 Å². The van der Waals surface area contributed by atoms with E-state index >= 15 is 0 Å². The molecule has 0 radical (unpaired) electrons. The number of H-pyrrole nitrogens is 2. The largest absolute Gasteiger partial charge is 0.508 e. The van der Waals surface area contributed by atoms with Crippen LogP contribution in [0.1, 0.15) is 106 Å². The fourth-order valence-corrected chi connectivity index (χ4v) is 19.4. The lowest BCUT2D eigenvalue weighted by Gasteiger charge is -2.35. The minimum Gasteiger partial charge on any atom is -0.508 e. The molecule has 726 valence electrons. The van der Waals surface area contributed by atoms with Gasteiger partial charge in [0.25, 0.3) is 35.4 Å². The number of aliphatic imine (C=N–C) groups is 1. The maximum atomic E-state index is 13.3. The Bertz CT molecular complexity index is 7620. The maximum absolute atomic E-state index is 13.3. The first-order valence-electron chi connectivity index (χ1n) is 44.3. The van der Waals surface area contributed by atoms with Gasteiger partial charge in [-0.2, -0.15) is 10.4 Å². The molecule has 2 fully saturated rings. The standard InChI is InChI=1S/C31H21Br2N3O6.C21H15ClN2O5.C20H21ClN2O2.C18H12I2N2O3.C18H15N3OS/c32-23-15-22(28(24(33)16-23)42-31(39)21-9-5-2-6-10-21)17-34-36-30(38)25(35-29(37)20-7-3-1-4-8-20)13-19-11-12-26-27(14-19)41-18-40-26;1-3-28-21(27)15-8-12(4-6-17(15)22)18-7-5-13(29-18)9-14-11(2)16(10-23)20(26)24-19(14)25;1-13-19(15-4-2-3-5-17(15)22-13)20(23-8-10-25-11-9-23)16-12-14(21)6-7-18(16)24;19-12-7-11(17(23)15(20)8-12)10-21-13-3-1-4-14(9-13)22-18(24)16-5-2-6-25-16;22-17-16(10-12-11-19-15-9-5-4-8-14(12)15)20-18(23)21(17)13-6-2-1-3-7-13/h1-17H,18H2,(H,35,37)(H,36,38);4-9H,3H2,1-2H3,(H,24,25,26);2-7,12,20,22,24H,8-11H2,1H3;1-10,23H,(H,22,24);1-9,11,16,19H,10H2,(H,20,23)/b25-13-,34-17+;14-9+;;;. The summed E-state index contributed by atoms with van der Waals surface area (Å²) < 4.78 is 40.7. The number of carbonyl (C=O) groups excluding carboxylic acids is 8. The van der Waals surface area contributed by atoms with E-state index in [0.29, 0.717) is 106 Å². The number of esters is 2. The number of anilines is 2. The number of ether oxygens (including phenoxy) is 5. The molecule has 8 heterocycles. The van der Waals surface area contributed by atoms with Crippen LogP contribution in [0, 0.1) is 25.4 Å². The lowest BCUT2D eigenvalue weighted by atomic mass is 9.93. The Morgan fingerprint density at radius 2 is 1.43 bits per heavy atom. The third-order valence-corrected chi connectivity index (χ3v) is 25.8. The van der Waals surface area contributed by atoms with E-state index in [4.69, 9.17) is 73.2 Å². The van der Waals surface area contributed by atoms with Crippen LogP contribution in [0.3, 0.4) is 0 Å². The summed E-state index contributed by atoms with van der Waals surface area (Å²) in [6.07, 6.45) is 9.90. The Morgan fingerprint density at radius 1 is 0.715 bits per heavy atom. The second kappa shape index (κ2) is 48.7. The number of hydrogen-bond donors (Lipinski definition) is 9. The molecule has 2 atom stereocenters. The number of aryl methyl sites for hydroxylation is 1. The Balaban J connectivity index is 0.000000138. The van der Waals surface area contributed by atoms with Gasteiger partial charge in [0.1, 0.15) is 46.4 Å². The van der Waals surface area contributed by atoms with Gasteiger partial charge in [0.2, 0.25) is 6.79 Å². The quantitative estimate of drug-likeness (QED) is 0.00445. The van der Waals surface area contributed by atoms with Crippen molar-refractivity contribution in [1.29, 1.82) is 5.26 Å². The average molecular weight is 2340 g/mol. The molecule has 144 heavy (non-hydrogen) atoms. The number of nitrogens with zero attached hydrogens (tertiary/aromatic N) is 5. The van der Waals surface area contributed by atoms with E-state index in [1.807, 2.05) is 91.1 Å². The Labute approximate surface area is 883 Å². The van der Waals surface area contributed by atoms with Crippen LogP contribution < -0.4 is 45.8 Å². The number of phenolic OH excluding ortho intramolecular Hbond substituents is 2. The molecule has 29 nitrogen and oxygen atoms in total. The monoisotopic (exact) mass is 2330 g/mol. The van der Waals surface area contributed by atoms with Crippen LogP contribution in [0.5, 0.6) is 28.7 Å². The normalized spacial score (nSPS) is 14.3. The summed E-state index contributed by atoms with van der Waals surface area (Å²) >= 11 is 28.8. The first-order valence-corrected chi connectivity index (χ1v) is 49.2. The van der Waals surface area contributed by atoms with Crippen molar-refractivity contribution in [3.8, 4) is 46.1 Å². The van der Waals surface area contributed by atoms with E-state index in [1.165, 1.54) is 42.5 Å². The zero-order valence-corrected chi connectivity index (χ0v) is 86.2. The van der Waals surface area contributed by atoms with Crippen LogP contribution in [0.4, 0.5) is 17.1 Å². The number of morpholine rings is 1. The number of benzene rings is 11. The molecule has 6 amide bonds. The van der Waals surface area contributed by atoms with E-state index in [1.54, 1.807) is 188 Å². The van der Waals surface area contributed by atoms with Gasteiger partial charge in [0.15, 0.2) is 28.1 Å². The number of aromatic hydroxyl groups is 2. The fraction of sp³-hybridized carbons (Fsp3) is 0.111. The van der Waals surface area contributed by atoms with Gasteiger partial charge in [0.05, 0.1) is 73.9 Å². The van der Waals surface area contributed by atoms with Crippen molar-refractivity contribution in [2.45, 2.75) is 39.3 Å². The molecule has 19 rings (SSSR count). The minimum absolute atomic E-state index is 0.00789. The summed E-state index contributed by atoms with van der Waals surface area (Å²) in [5.41, 5.74) is 14.4. The Hall–Kier alpha value is -14.9. The number of thiocarbonyl (C=S) groups is 1. The summed E-state index contributed by atoms with van der Waals surface area (Å²) in [5.74, 6) is -1.13. The molecular formula is C108H84Br2Cl2I2N12O17S. The van der Waals surface area contributed by atoms with Crippen LogP contribution >= 0.6 is 112 Å². The molecule has 2 saturated heterocycles. The number of halogens is 6. The van der Waals surface area contributed by atoms with Crippen LogP contribution in [-0.4, -0.2) is 136 Å². The average Bonchev–Trinajstić information content (AvgIpc) is 1.60. The van der Waals surface area contributed by atoms with Gasteiger partial charge in [-0.1, -0.05) is 142 Å². The highest BCUT2D eigenvalue weighted by Crippen LogP contribution is 2.43. The third kappa shape index (κ3) is 25.9. The molecular weight excluding hydrogens is 2250 g/mol. The molecule has 15 aromatic rings. The highest BCUT2D eigenvalue weighted by atomic mass is 127. The predicted octanol–water partition coefficient (Wildman–Crippen LogP) is 22.2. The molecule has 36 heteroatoms. The topological polar surface area (TPSA) is 396 Å². The molecule has 4 aromatic heterocycles. The molecule has 4 aliphatic rings. The number of hydrogen-bond acceptors (Lipinski definition) is 22. The van der Waals surface area contributed by atoms with Crippen molar-refractivity contribution in [1.82, 2.24) is 36.2 Å². The number of fused-ring (bicyclic) bond motifs is 3. The first-order chi connectivity index (χ1) is 69.6. The van der Waals surface area contributed by atoms with Crippen LogP contribution in [-0.2, 0) is 35.1 Å². The molecule has 2 unspecified atom stereocenters. The molecule has 0 spiro atoms. The second-order valence-electron chi connectivity index (χ2n) is 31.9. The molecule has 4 aliphatic heterocycles. The molecule has 11 aromatic carbocycles. The van der Waals surface area contributed by atoms with Gasteiger partial charge in [-0.25, -0.2) is 15.0 Å². The lowest BCUT2D eigenvalue weighted by Crippen LogP contribution is -2.39. The van der Waals surface area contributed by atoms with Crippen molar-refractivity contribution < 1.29 is 81.1 Å². The number of carbonyl (C=O) groups is 8. The van der Waals surface area contributed by atoms with Gasteiger partial charge < -0.3 is 68.6 Å². The molecule has 9 N–H and O–H groups in total. The zero-order valence-electron chi connectivity index (χ0n) is 76.4. The highest BCUT2D eigenvalue weighted by molar-refractivity contribution is 14.1. The number of aromatic amines is 2. The van der Waals surface area contributed by atoms with E-state index in [2.05, 4.69) is 154 Å². The van der Waals surface area contributed by atoms with Crippen molar-refractivity contribution in [3.63, 3.8) is 0 Å². The summed E-state index contributed by atoms with van der Waals surface area (Å²) in [7, 11) is 0. The molecule has 0 saturated carbocycles. The minimum atomic E-state index is -0.722.